The molecule has 0 N–H and O–H groups in total. The smallest absolute Gasteiger partial charge is 0.114 e. The highest BCUT2D eigenvalue weighted by atomic mass is 15.1. The first-order valence-corrected chi connectivity index (χ1v) is 6.70. The molecule has 2 aliphatic rings. The summed E-state index contributed by atoms with van der Waals surface area (Å²) >= 11 is 0. The molecule has 0 spiro atoms. The Labute approximate surface area is 121 Å². The fourth-order valence-electron chi connectivity index (χ4n) is 2.59. The van der Waals surface area contributed by atoms with Crippen LogP contribution in [0.3, 0.4) is 0 Å². The van der Waals surface area contributed by atoms with E-state index >= 15 is 0 Å². The summed E-state index contributed by atoms with van der Waals surface area (Å²) in [6.07, 6.45) is 10.6. The number of benzene rings is 1. The van der Waals surface area contributed by atoms with Crippen molar-refractivity contribution in [3.63, 3.8) is 0 Å². The Morgan fingerprint density at radius 2 is 1.95 bits per heavy atom. The number of allylic oxidation sites excluding steroid dienone is 6. The zero-order valence-electron chi connectivity index (χ0n) is 11.9. The van der Waals surface area contributed by atoms with Gasteiger partial charge < -0.3 is 4.90 Å². The van der Waals surface area contributed by atoms with Crippen LogP contribution in [0.15, 0.2) is 72.2 Å². The molecule has 0 atom stereocenters. The molecule has 1 aromatic rings. The van der Waals surface area contributed by atoms with Crippen LogP contribution in [0.4, 0.5) is 0 Å². The maximum absolute atomic E-state index is 6.01. The molecular weight excluding hydrogens is 241 g/mol. The summed E-state index contributed by atoms with van der Waals surface area (Å²) < 4.78 is 0. The molecule has 0 saturated heterocycles. The van der Waals surface area contributed by atoms with E-state index in [4.69, 9.17) is 7.85 Å². The lowest BCUT2D eigenvalue weighted by Gasteiger charge is -2.31. The van der Waals surface area contributed by atoms with Gasteiger partial charge in [0.25, 0.3) is 0 Å². The fourth-order valence-corrected chi connectivity index (χ4v) is 2.59. The van der Waals surface area contributed by atoms with E-state index in [1.54, 1.807) is 0 Å². The van der Waals surface area contributed by atoms with Gasteiger partial charge in [-0.1, -0.05) is 41.9 Å². The molecule has 2 heteroatoms. The first kappa shape index (κ1) is 12.8. The molecule has 0 amide bonds. The minimum Gasteiger partial charge on any atom is -0.317 e. The first-order valence-electron chi connectivity index (χ1n) is 6.70. The van der Waals surface area contributed by atoms with Gasteiger partial charge in [-0.15, -0.1) is 0 Å². The zero-order chi connectivity index (χ0) is 14.3. The van der Waals surface area contributed by atoms with Crippen LogP contribution in [0.1, 0.15) is 18.1 Å². The van der Waals surface area contributed by atoms with E-state index < -0.39 is 0 Å². The Hall–Kier alpha value is -2.22. The fraction of sp³-hybridized carbons (Fsp3) is 0.111. The Morgan fingerprint density at radius 3 is 2.75 bits per heavy atom. The summed E-state index contributed by atoms with van der Waals surface area (Å²) in [5, 5.41) is 0. The lowest BCUT2D eigenvalue weighted by Crippen LogP contribution is -2.21. The average Bonchev–Trinajstić information content (AvgIpc) is 2.43. The molecule has 1 nitrogen and oxygen atoms in total. The number of hydrogen-bond acceptors (Lipinski definition) is 1. The second kappa shape index (κ2) is 4.71. The molecule has 3 rings (SSSR count). The van der Waals surface area contributed by atoms with Crippen LogP contribution in [0, 0.1) is 6.92 Å². The quantitative estimate of drug-likeness (QED) is 0.697. The summed E-state index contributed by atoms with van der Waals surface area (Å²) in [6.45, 7) is 8.39. The highest BCUT2D eigenvalue weighted by Crippen LogP contribution is 2.35. The standard InChI is InChI=1S/C18H16BN/c1-12-9-10-20-14(3)17(8-7-15(20)11-12)16-5-4-6-18(19)13(16)2/h4-11H,3H2,1-2H3. The molecule has 20 heavy (non-hydrogen) atoms. The van der Waals surface area contributed by atoms with E-state index in [0.717, 1.165) is 33.6 Å². The van der Waals surface area contributed by atoms with E-state index in [1.807, 2.05) is 19.1 Å². The van der Waals surface area contributed by atoms with Gasteiger partial charge in [0.1, 0.15) is 7.85 Å². The Balaban J connectivity index is 2.10. The van der Waals surface area contributed by atoms with Crippen molar-refractivity contribution in [3.05, 3.63) is 83.4 Å². The van der Waals surface area contributed by atoms with Gasteiger partial charge in [-0.3, -0.25) is 0 Å². The van der Waals surface area contributed by atoms with Crippen molar-refractivity contribution in [2.24, 2.45) is 0 Å². The monoisotopic (exact) mass is 257 g/mol. The van der Waals surface area contributed by atoms with Crippen LogP contribution < -0.4 is 5.46 Å². The van der Waals surface area contributed by atoms with Gasteiger partial charge >= 0.3 is 0 Å². The van der Waals surface area contributed by atoms with E-state index in [9.17, 15) is 0 Å². The highest BCUT2D eigenvalue weighted by Gasteiger charge is 2.20. The normalized spacial score (nSPS) is 17.4. The molecule has 96 valence electrons. The molecule has 0 aromatic heterocycles. The second-order valence-corrected chi connectivity index (χ2v) is 5.21. The van der Waals surface area contributed by atoms with Crippen LogP contribution in [-0.4, -0.2) is 12.7 Å². The molecule has 2 radical (unpaired) electrons. The van der Waals surface area contributed by atoms with E-state index in [0.29, 0.717) is 0 Å². The third-order valence-electron chi connectivity index (χ3n) is 3.83. The maximum atomic E-state index is 6.01. The molecule has 0 fully saturated rings. The van der Waals surface area contributed by atoms with Crippen LogP contribution in [0.5, 0.6) is 0 Å². The third kappa shape index (κ3) is 1.98. The molecular formula is C18H16BN. The van der Waals surface area contributed by atoms with E-state index in [-0.39, 0.29) is 0 Å². The third-order valence-corrected chi connectivity index (χ3v) is 3.83. The number of fused-ring (bicyclic) bond motifs is 1. The molecule has 0 saturated carbocycles. The van der Waals surface area contributed by atoms with Crippen LogP contribution in [0.25, 0.3) is 5.57 Å². The van der Waals surface area contributed by atoms with Crippen LogP contribution in [0.2, 0.25) is 0 Å². The Morgan fingerprint density at radius 1 is 1.15 bits per heavy atom. The predicted octanol–water partition coefficient (Wildman–Crippen LogP) is 3.36. The van der Waals surface area contributed by atoms with Gasteiger partial charge in [0, 0.05) is 23.2 Å². The maximum Gasteiger partial charge on any atom is 0.114 e. The van der Waals surface area contributed by atoms with Gasteiger partial charge in [0.15, 0.2) is 0 Å². The van der Waals surface area contributed by atoms with Crippen LogP contribution in [-0.2, 0) is 0 Å². The molecule has 2 heterocycles. The second-order valence-electron chi connectivity index (χ2n) is 5.21. The summed E-state index contributed by atoms with van der Waals surface area (Å²) in [5.74, 6) is 0. The lowest BCUT2D eigenvalue weighted by molar-refractivity contribution is 0.608. The van der Waals surface area contributed by atoms with Crippen molar-refractivity contribution in [2.75, 3.05) is 0 Å². The average molecular weight is 257 g/mol. The van der Waals surface area contributed by atoms with E-state index in [2.05, 4.69) is 55.0 Å². The van der Waals surface area contributed by atoms with Gasteiger partial charge in [-0.05, 0) is 43.2 Å². The van der Waals surface area contributed by atoms with Crippen molar-refractivity contribution in [2.45, 2.75) is 13.8 Å². The van der Waals surface area contributed by atoms with Crippen molar-refractivity contribution in [1.29, 1.82) is 0 Å². The SMILES string of the molecule is [B]c1cccc(C2=CC=C3C=C(C)C=CN3C2=C)c1C. The van der Waals surface area contributed by atoms with E-state index in [1.165, 1.54) is 5.57 Å². The molecule has 0 aliphatic carbocycles. The van der Waals surface area contributed by atoms with Crippen molar-refractivity contribution >= 4 is 18.9 Å². The van der Waals surface area contributed by atoms with Gasteiger partial charge in [-0.25, -0.2) is 0 Å². The Kier molecular flexibility index (Phi) is 3.02. The molecule has 1 aromatic carbocycles. The molecule has 2 aliphatic heterocycles. The summed E-state index contributed by atoms with van der Waals surface area (Å²) in [7, 11) is 6.01. The Bertz CT molecular complexity index is 717. The molecule has 0 unspecified atom stereocenters. The summed E-state index contributed by atoms with van der Waals surface area (Å²) in [5.41, 5.74) is 7.57. The van der Waals surface area contributed by atoms with Gasteiger partial charge in [0.2, 0.25) is 0 Å². The summed E-state index contributed by atoms with van der Waals surface area (Å²) in [6, 6.07) is 6.01. The largest absolute Gasteiger partial charge is 0.317 e. The van der Waals surface area contributed by atoms with Gasteiger partial charge in [-0.2, -0.15) is 0 Å². The van der Waals surface area contributed by atoms with Crippen molar-refractivity contribution in [3.8, 4) is 0 Å². The number of nitrogens with zero attached hydrogens (tertiary/aromatic N) is 1. The minimum absolute atomic E-state index is 0.816. The number of rotatable bonds is 1. The first-order chi connectivity index (χ1) is 9.58. The summed E-state index contributed by atoms with van der Waals surface area (Å²) in [4.78, 5) is 2.12. The topological polar surface area (TPSA) is 3.24 Å². The van der Waals surface area contributed by atoms with Gasteiger partial charge in [0.05, 0.1) is 0 Å². The predicted molar refractivity (Wildman–Crippen MR) is 86.5 cm³/mol. The van der Waals surface area contributed by atoms with Crippen LogP contribution >= 0.6 is 0 Å². The van der Waals surface area contributed by atoms with Crippen molar-refractivity contribution in [1.82, 2.24) is 4.90 Å². The lowest BCUT2D eigenvalue weighted by atomic mass is 9.85. The molecule has 0 bridgehead atoms. The highest BCUT2D eigenvalue weighted by molar-refractivity contribution is 6.33. The van der Waals surface area contributed by atoms with Crippen molar-refractivity contribution < 1.29 is 0 Å². The zero-order valence-corrected chi connectivity index (χ0v) is 11.9. The number of hydrogen-bond donors (Lipinski definition) is 0. The minimum atomic E-state index is 0.816.